The van der Waals surface area contributed by atoms with Crippen LogP contribution in [-0.4, -0.2) is 65.7 Å². The predicted molar refractivity (Wildman–Crippen MR) is 127 cm³/mol. The van der Waals surface area contributed by atoms with Crippen molar-refractivity contribution in [1.29, 1.82) is 0 Å². The van der Waals surface area contributed by atoms with E-state index in [1.165, 1.54) is 50.7 Å². The highest BCUT2D eigenvalue weighted by Gasteiger charge is 2.46. The fourth-order valence-corrected chi connectivity index (χ4v) is 7.08. The number of amides is 1. The van der Waals surface area contributed by atoms with E-state index in [-0.39, 0.29) is 5.91 Å². The third-order valence-corrected chi connectivity index (χ3v) is 8.47. The van der Waals surface area contributed by atoms with Crippen LogP contribution in [0.3, 0.4) is 0 Å². The number of carbonyl (C=O) groups is 1. The quantitative estimate of drug-likeness (QED) is 0.674. The van der Waals surface area contributed by atoms with Gasteiger partial charge in [-0.1, -0.05) is 18.1 Å². The van der Waals surface area contributed by atoms with Crippen LogP contribution in [0.5, 0.6) is 0 Å². The Balaban J connectivity index is 1.28. The lowest BCUT2D eigenvalue weighted by molar-refractivity contribution is 0.00148. The maximum absolute atomic E-state index is 13.8. The van der Waals surface area contributed by atoms with Crippen molar-refractivity contribution in [3.63, 3.8) is 0 Å². The van der Waals surface area contributed by atoms with Gasteiger partial charge in [0, 0.05) is 55.4 Å². The van der Waals surface area contributed by atoms with Gasteiger partial charge in [0.15, 0.2) is 0 Å². The molecule has 0 saturated carbocycles. The first kappa shape index (κ1) is 20.5. The second-order valence-electron chi connectivity index (χ2n) is 10.3. The number of piperidine rings is 3. The molecule has 0 spiro atoms. The van der Waals surface area contributed by atoms with Crippen molar-refractivity contribution < 1.29 is 9.53 Å². The normalized spacial score (nSPS) is 30.0. The van der Waals surface area contributed by atoms with E-state index >= 15 is 0 Å². The molecule has 6 rings (SSSR count). The number of likely N-dealkylation sites (tertiary alicyclic amines) is 1. The van der Waals surface area contributed by atoms with Crippen LogP contribution in [0.4, 0.5) is 0 Å². The van der Waals surface area contributed by atoms with Gasteiger partial charge in [-0.2, -0.15) is 0 Å². The summed E-state index contributed by atoms with van der Waals surface area (Å²) in [5.41, 5.74) is 3.56. The molecule has 2 bridgehead atoms. The largest absolute Gasteiger partial charge is 0.383 e. The fraction of sp³-hybridized carbons (Fsp3) is 0.593. The molecule has 0 radical (unpaired) electrons. The van der Waals surface area contributed by atoms with Gasteiger partial charge in [0.25, 0.3) is 5.91 Å². The molecule has 3 aliphatic heterocycles. The molecule has 3 fully saturated rings. The Morgan fingerprint density at radius 1 is 1.16 bits per heavy atom. The van der Waals surface area contributed by atoms with E-state index in [2.05, 4.69) is 44.8 Å². The van der Waals surface area contributed by atoms with Crippen LogP contribution >= 0.6 is 0 Å². The summed E-state index contributed by atoms with van der Waals surface area (Å²) in [5.74, 6) is 1.52. The van der Waals surface area contributed by atoms with Crippen molar-refractivity contribution in [3.05, 3.63) is 47.7 Å². The molecule has 0 unspecified atom stereocenters. The smallest absolute Gasteiger partial charge is 0.254 e. The van der Waals surface area contributed by atoms with Gasteiger partial charge in [0.1, 0.15) is 0 Å². The van der Waals surface area contributed by atoms with E-state index in [1.54, 1.807) is 12.7 Å². The number of methoxy groups -OCH3 is 1. The summed E-state index contributed by atoms with van der Waals surface area (Å²) >= 11 is 0. The van der Waals surface area contributed by atoms with E-state index in [0.29, 0.717) is 24.5 Å². The molecule has 3 saturated heterocycles. The molecule has 170 valence electrons. The predicted octanol–water partition coefficient (Wildman–Crippen LogP) is 4.32. The molecule has 1 aromatic heterocycles. The first-order chi connectivity index (χ1) is 15.7. The highest BCUT2D eigenvalue weighted by Crippen LogP contribution is 2.45. The minimum Gasteiger partial charge on any atom is -0.383 e. The summed E-state index contributed by atoms with van der Waals surface area (Å²) in [4.78, 5) is 18.8. The molecule has 1 aromatic carbocycles. The Morgan fingerprint density at radius 3 is 3.00 bits per heavy atom. The van der Waals surface area contributed by atoms with Crippen LogP contribution in [0.2, 0.25) is 0 Å². The zero-order valence-corrected chi connectivity index (χ0v) is 19.2. The lowest BCUT2D eigenvalue weighted by Gasteiger charge is -2.54. The van der Waals surface area contributed by atoms with Crippen molar-refractivity contribution in [2.24, 2.45) is 11.8 Å². The molecule has 4 aliphatic rings. The molecular formula is C27H35N3O2. The Kier molecular flexibility index (Phi) is 5.34. The highest BCUT2D eigenvalue weighted by molar-refractivity contribution is 5.98. The Bertz CT molecular complexity index is 1040. The van der Waals surface area contributed by atoms with Gasteiger partial charge < -0.3 is 14.2 Å². The summed E-state index contributed by atoms with van der Waals surface area (Å²) in [7, 11) is 1.73. The van der Waals surface area contributed by atoms with Crippen molar-refractivity contribution >= 4 is 16.8 Å². The maximum atomic E-state index is 13.8. The van der Waals surface area contributed by atoms with E-state index in [9.17, 15) is 4.79 Å². The van der Waals surface area contributed by atoms with Crippen LogP contribution in [0.15, 0.2) is 42.1 Å². The zero-order valence-electron chi connectivity index (χ0n) is 19.2. The summed E-state index contributed by atoms with van der Waals surface area (Å²) < 4.78 is 7.43. The van der Waals surface area contributed by atoms with Crippen LogP contribution in [0, 0.1) is 11.8 Å². The number of benzene rings is 1. The van der Waals surface area contributed by atoms with E-state index in [1.807, 2.05) is 6.07 Å². The first-order valence-corrected chi connectivity index (χ1v) is 12.6. The lowest BCUT2D eigenvalue weighted by Crippen LogP contribution is -2.60. The molecular weight excluding hydrogens is 398 g/mol. The van der Waals surface area contributed by atoms with Gasteiger partial charge >= 0.3 is 0 Å². The second kappa shape index (κ2) is 8.35. The van der Waals surface area contributed by atoms with Gasteiger partial charge in [-0.25, -0.2) is 0 Å². The molecule has 2 aromatic rings. The standard InChI is InChI=1S/C27H35N3O2/c1-32-14-13-28-12-9-19-15-21(7-8-25(19)28)27(31)30-11-4-5-20-16-22-17-23(26(20)30)18-29-10-3-2-6-24(22)29/h7-9,12,15-16,22-24,26H,2-6,10-11,13-14,17-18H2,1H3/t22-,23-,24+,26+/m0/s1. The number of ether oxygens (including phenoxy) is 1. The lowest BCUT2D eigenvalue weighted by atomic mass is 9.68. The maximum Gasteiger partial charge on any atom is 0.254 e. The summed E-state index contributed by atoms with van der Waals surface area (Å²) in [6, 6.07) is 9.40. The molecule has 1 aliphatic carbocycles. The summed E-state index contributed by atoms with van der Waals surface area (Å²) in [6.07, 6.45) is 12.3. The molecule has 5 nitrogen and oxygen atoms in total. The Labute approximate surface area is 191 Å². The molecule has 4 heterocycles. The monoisotopic (exact) mass is 433 g/mol. The summed E-state index contributed by atoms with van der Waals surface area (Å²) in [5, 5.41) is 1.14. The number of fused-ring (bicyclic) bond motifs is 7. The molecule has 0 N–H and O–H groups in total. The van der Waals surface area contributed by atoms with Crippen molar-refractivity contribution in [2.75, 3.05) is 33.4 Å². The minimum atomic E-state index is 0.214. The van der Waals surface area contributed by atoms with E-state index < -0.39 is 0 Å². The van der Waals surface area contributed by atoms with Gasteiger partial charge in [0.05, 0.1) is 12.6 Å². The zero-order chi connectivity index (χ0) is 21.7. The average molecular weight is 434 g/mol. The van der Waals surface area contributed by atoms with E-state index in [0.717, 1.165) is 36.5 Å². The van der Waals surface area contributed by atoms with Gasteiger partial charge in [-0.05, 0) is 74.8 Å². The first-order valence-electron chi connectivity index (χ1n) is 12.6. The molecule has 4 atom stereocenters. The highest BCUT2D eigenvalue weighted by atomic mass is 16.5. The van der Waals surface area contributed by atoms with Crippen molar-refractivity contribution in [2.45, 2.75) is 57.2 Å². The van der Waals surface area contributed by atoms with Crippen LogP contribution < -0.4 is 0 Å². The number of hydrogen-bond donors (Lipinski definition) is 0. The van der Waals surface area contributed by atoms with Crippen LogP contribution in [0.1, 0.15) is 48.9 Å². The minimum absolute atomic E-state index is 0.214. The SMILES string of the molecule is COCCn1ccc2cc(C(=O)N3CCCC4=C[C@H]5C[C@@H](CN6CCCC[C@H]56)[C@@H]43)ccc21. The third-order valence-electron chi connectivity index (χ3n) is 8.47. The van der Waals surface area contributed by atoms with E-state index in [4.69, 9.17) is 4.74 Å². The Hall–Kier alpha value is -2.11. The van der Waals surface area contributed by atoms with Crippen molar-refractivity contribution in [1.82, 2.24) is 14.4 Å². The van der Waals surface area contributed by atoms with Crippen LogP contribution in [-0.2, 0) is 11.3 Å². The topological polar surface area (TPSA) is 37.7 Å². The average Bonchev–Trinajstić information content (AvgIpc) is 3.24. The molecule has 1 amide bonds. The fourth-order valence-electron chi connectivity index (χ4n) is 7.08. The number of aromatic nitrogens is 1. The molecule has 32 heavy (non-hydrogen) atoms. The number of rotatable bonds is 4. The van der Waals surface area contributed by atoms with Crippen LogP contribution in [0.25, 0.3) is 10.9 Å². The molecule has 5 heteroatoms. The number of hydrogen-bond acceptors (Lipinski definition) is 3. The number of nitrogens with zero attached hydrogens (tertiary/aromatic N) is 3. The third kappa shape index (κ3) is 3.41. The van der Waals surface area contributed by atoms with Gasteiger partial charge in [0.2, 0.25) is 0 Å². The second-order valence-corrected chi connectivity index (χ2v) is 10.3. The van der Waals surface area contributed by atoms with Gasteiger partial charge in [-0.3, -0.25) is 9.69 Å². The van der Waals surface area contributed by atoms with Crippen molar-refractivity contribution in [3.8, 4) is 0 Å². The summed E-state index contributed by atoms with van der Waals surface area (Å²) in [6.45, 7) is 4.83. The van der Waals surface area contributed by atoms with Gasteiger partial charge in [-0.15, -0.1) is 0 Å². The number of carbonyl (C=O) groups excluding carboxylic acids is 1. The Morgan fingerprint density at radius 2 is 2.09 bits per heavy atom.